The average molecular weight is 382 g/mol. The molecule has 1 atom stereocenters. The molecule has 0 aliphatic carbocycles. The Morgan fingerprint density at radius 1 is 1.07 bits per heavy atom. The van der Waals surface area contributed by atoms with E-state index in [9.17, 15) is 9.59 Å². The minimum Gasteiger partial charge on any atom is -0.490 e. The third-order valence-corrected chi connectivity index (χ3v) is 4.52. The normalized spacial score (nSPS) is 16.0. The molecular formula is C22H26N2O4. The van der Waals surface area contributed by atoms with Crippen molar-refractivity contribution in [1.29, 1.82) is 0 Å². The van der Waals surface area contributed by atoms with Crippen LogP contribution in [-0.2, 0) is 9.53 Å². The van der Waals surface area contributed by atoms with Gasteiger partial charge in [0.2, 0.25) is 5.91 Å². The monoisotopic (exact) mass is 382 g/mol. The first-order chi connectivity index (χ1) is 13.5. The smallest absolute Gasteiger partial charge is 0.259 e. The summed E-state index contributed by atoms with van der Waals surface area (Å²) in [6.45, 7) is 4.88. The van der Waals surface area contributed by atoms with E-state index in [0.717, 1.165) is 19.4 Å². The molecule has 3 rings (SSSR count). The van der Waals surface area contributed by atoms with Gasteiger partial charge in [0.15, 0.2) is 0 Å². The second-order valence-electron chi connectivity index (χ2n) is 7.12. The Morgan fingerprint density at radius 2 is 1.75 bits per heavy atom. The van der Waals surface area contributed by atoms with E-state index >= 15 is 0 Å². The maximum Gasteiger partial charge on any atom is 0.259 e. The van der Waals surface area contributed by atoms with E-state index in [1.165, 1.54) is 0 Å². The number of benzene rings is 2. The molecule has 6 nitrogen and oxygen atoms in total. The number of rotatable bonds is 7. The fourth-order valence-corrected chi connectivity index (χ4v) is 2.86. The van der Waals surface area contributed by atoms with Crippen LogP contribution < -0.4 is 15.4 Å². The molecule has 2 N–H and O–H groups in total. The van der Waals surface area contributed by atoms with Gasteiger partial charge in [0.05, 0.1) is 11.7 Å². The van der Waals surface area contributed by atoms with Crippen LogP contribution in [0.15, 0.2) is 48.5 Å². The fraction of sp³-hybridized carbons (Fsp3) is 0.364. The minimum absolute atomic E-state index is 0.0471. The Kier molecular flexibility index (Phi) is 6.66. The van der Waals surface area contributed by atoms with Gasteiger partial charge in [0, 0.05) is 23.9 Å². The molecule has 28 heavy (non-hydrogen) atoms. The van der Waals surface area contributed by atoms with E-state index in [0.29, 0.717) is 29.3 Å². The van der Waals surface area contributed by atoms with Gasteiger partial charge < -0.3 is 20.1 Å². The first-order valence-electron chi connectivity index (χ1n) is 9.58. The summed E-state index contributed by atoms with van der Waals surface area (Å²) >= 11 is 0. The molecule has 148 valence electrons. The number of amides is 2. The Hall–Kier alpha value is -2.86. The van der Waals surface area contributed by atoms with E-state index in [1.54, 1.807) is 42.5 Å². The summed E-state index contributed by atoms with van der Waals surface area (Å²) in [5, 5.41) is 5.69. The Balaban J connectivity index is 1.62. The molecule has 0 spiro atoms. The molecule has 1 fully saturated rings. The number of nitrogens with one attached hydrogen (secondary N) is 2. The van der Waals surface area contributed by atoms with Gasteiger partial charge in [-0.3, -0.25) is 9.59 Å². The molecule has 1 saturated heterocycles. The van der Waals surface area contributed by atoms with Gasteiger partial charge in [0.25, 0.3) is 5.91 Å². The van der Waals surface area contributed by atoms with Gasteiger partial charge in [0.1, 0.15) is 12.4 Å². The second-order valence-corrected chi connectivity index (χ2v) is 7.12. The van der Waals surface area contributed by atoms with E-state index in [4.69, 9.17) is 9.47 Å². The summed E-state index contributed by atoms with van der Waals surface area (Å²) in [4.78, 5) is 24.4. The van der Waals surface area contributed by atoms with Crippen molar-refractivity contribution in [1.82, 2.24) is 0 Å². The topological polar surface area (TPSA) is 76.7 Å². The zero-order valence-corrected chi connectivity index (χ0v) is 16.2. The van der Waals surface area contributed by atoms with Crippen LogP contribution >= 0.6 is 0 Å². The lowest BCUT2D eigenvalue weighted by atomic mass is 10.1. The Bertz CT molecular complexity index is 812. The molecule has 2 aromatic rings. The van der Waals surface area contributed by atoms with Gasteiger partial charge >= 0.3 is 0 Å². The zero-order chi connectivity index (χ0) is 19.9. The minimum atomic E-state index is -0.248. The summed E-state index contributed by atoms with van der Waals surface area (Å²) in [6, 6.07) is 14.2. The maximum atomic E-state index is 12.7. The number of para-hydroxylation sites is 1. The third kappa shape index (κ3) is 5.33. The lowest BCUT2D eigenvalue weighted by Gasteiger charge is -2.15. The number of hydrogen-bond donors (Lipinski definition) is 2. The number of carbonyl (C=O) groups is 2. The molecule has 0 aromatic heterocycles. The van der Waals surface area contributed by atoms with Crippen molar-refractivity contribution in [2.45, 2.75) is 32.8 Å². The number of anilines is 2. The summed E-state index contributed by atoms with van der Waals surface area (Å²) in [5.74, 6) is 0.151. The van der Waals surface area contributed by atoms with Crippen LogP contribution in [0.1, 0.15) is 37.0 Å². The molecule has 6 heteroatoms. The summed E-state index contributed by atoms with van der Waals surface area (Å²) < 4.78 is 11.4. The second kappa shape index (κ2) is 9.37. The zero-order valence-electron chi connectivity index (χ0n) is 16.2. The van der Waals surface area contributed by atoms with Crippen molar-refractivity contribution in [2.75, 3.05) is 23.8 Å². The number of carbonyl (C=O) groups excluding carboxylic acids is 2. The first-order valence-corrected chi connectivity index (χ1v) is 9.58. The van der Waals surface area contributed by atoms with E-state index in [1.807, 2.05) is 19.9 Å². The van der Waals surface area contributed by atoms with Gasteiger partial charge in [-0.15, -0.1) is 0 Å². The van der Waals surface area contributed by atoms with Crippen molar-refractivity contribution in [3.8, 4) is 5.75 Å². The SMILES string of the molecule is CC(C)C(=O)Nc1ccc(NC(=O)c2ccccc2OCC2CCCO2)cc1. The lowest BCUT2D eigenvalue weighted by molar-refractivity contribution is -0.118. The van der Waals surface area contributed by atoms with Crippen LogP contribution in [0.25, 0.3) is 0 Å². The third-order valence-electron chi connectivity index (χ3n) is 4.52. The highest BCUT2D eigenvalue weighted by Crippen LogP contribution is 2.22. The van der Waals surface area contributed by atoms with Crippen LogP contribution in [0.4, 0.5) is 11.4 Å². The van der Waals surface area contributed by atoms with Crippen LogP contribution in [0.2, 0.25) is 0 Å². The number of hydrogen-bond acceptors (Lipinski definition) is 4. The molecule has 0 saturated carbocycles. The molecule has 1 unspecified atom stereocenters. The maximum absolute atomic E-state index is 12.7. The molecule has 1 aliphatic rings. The van der Waals surface area contributed by atoms with Crippen LogP contribution in [-0.4, -0.2) is 31.1 Å². The van der Waals surface area contributed by atoms with Crippen molar-refractivity contribution in [2.24, 2.45) is 5.92 Å². The highest BCUT2D eigenvalue weighted by molar-refractivity contribution is 6.06. The fourth-order valence-electron chi connectivity index (χ4n) is 2.86. The molecule has 2 aromatic carbocycles. The highest BCUT2D eigenvalue weighted by atomic mass is 16.5. The van der Waals surface area contributed by atoms with Crippen molar-refractivity contribution in [3.63, 3.8) is 0 Å². The van der Waals surface area contributed by atoms with Crippen molar-refractivity contribution < 1.29 is 19.1 Å². The summed E-state index contributed by atoms with van der Waals surface area (Å²) in [5.41, 5.74) is 1.80. The predicted molar refractivity (Wildman–Crippen MR) is 109 cm³/mol. The molecule has 2 amide bonds. The van der Waals surface area contributed by atoms with Crippen molar-refractivity contribution >= 4 is 23.2 Å². The van der Waals surface area contributed by atoms with Crippen molar-refractivity contribution in [3.05, 3.63) is 54.1 Å². The van der Waals surface area contributed by atoms with Gasteiger partial charge in [-0.2, -0.15) is 0 Å². The Morgan fingerprint density at radius 3 is 2.39 bits per heavy atom. The number of ether oxygens (including phenoxy) is 2. The Labute approximate surface area is 165 Å². The van der Waals surface area contributed by atoms with Gasteiger partial charge in [-0.05, 0) is 49.2 Å². The van der Waals surface area contributed by atoms with Crippen LogP contribution in [0.3, 0.4) is 0 Å². The highest BCUT2D eigenvalue weighted by Gasteiger charge is 2.18. The quantitative estimate of drug-likeness (QED) is 0.756. The predicted octanol–water partition coefficient (Wildman–Crippen LogP) is 4.09. The molecular weight excluding hydrogens is 356 g/mol. The standard InChI is InChI=1S/C22H26N2O4/c1-15(2)21(25)23-16-9-11-17(12-10-16)24-22(26)19-7-3-4-8-20(19)28-14-18-6-5-13-27-18/h3-4,7-12,15,18H,5-6,13-14H2,1-2H3,(H,23,25)(H,24,26). The van der Waals surface area contributed by atoms with Crippen LogP contribution in [0, 0.1) is 5.92 Å². The summed E-state index contributed by atoms with van der Waals surface area (Å²) in [6.07, 6.45) is 2.11. The average Bonchev–Trinajstić information content (AvgIpc) is 3.21. The van der Waals surface area contributed by atoms with E-state index < -0.39 is 0 Å². The van der Waals surface area contributed by atoms with Gasteiger partial charge in [-0.25, -0.2) is 0 Å². The molecule has 0 radical (unpaired) electrons. The van der Waals surface area contributed by atoms with E-state index in [-0.39, 0.29) is 23.8 Å². The molecule has 1 heterocycles. The van der Waals surface area contributed by atoms with E-state index in [2.05, 4.69) is 10.6 Å². The lowest BCUT2D eigenvalue weighted by Crippen LogP contribution is -2.19. The first kappa shape index (κ1) is 19.9. The molecule has 1 aliphatic heterocycles. The van der Waals surface area contributed by atoms with Gasteiger partial charge in [-0.1, -0.05) is 26.0 Å². The summed E-state index contributed by atoms with van der Waals surface area (Å²) in [7, 11) is 0. The largest absolute Gasteiger partial charge is 0.490 e. The van der Waals surface area contributed by atoms with Crippen LogP contribution in [0.5, 0.6) is 5.75 Å². The molecule has 0 bridgehead atoms.